The summed E-state index contributed by atoms with van der Waals surface area (Å²) >= 11 is 5.81. The van der Waals surface area contributed by atoms with Gasteiger partial charge in [-0.2, -0.15) is 13.2 Å². The van der Waals surface area contributed by atoms with Gasteiger partial charge in [-0.25, -0.2) is 9.97 Å². The number of pyridine rings is 2. The average molecular weight is 442 g/mol. The van der Waals surface area contributed by atoms with Crippen LogP contribution in [0.25, 0.3) is 0 Å². The highest BCUT2D eigenvalue weighted by Gasteiger charge is 2.32. The van der Waals surface area contributed by atoms with Crippen molar-refractivity contribution in [3.8, 4) is 5.88 Å². The van der Waals surface area contributed by atoms with E-state index in [1.54, 1.807) is 13.0 Å². The molecular weight excluding hydrogens is 423 g/mol. The number of ketones is 1. The summed E-state index contributed by atoms with van der Waals surface area (Å²) in [5, 5.41) is 2.43. The first-order valence-corrected chi connectivity index (χ1v) is 9.67. The van der Waals surface area contributed by atoms with Crippen LogP contribution in [0.5, 0.6) is 5.88 Å². The van der Waals surface area contributed by atoms with Crippen molar-refractivity contribution < 1.29 is 27.5 Å². The zero-order chi connectivity index (χ0) is 21.9. The number of nitrogens with zero attached hydrogens (tertiary/aromatic N) is 2. The van der Waals surface area contributed by atoms with Gasteiger partial charge in [0.2, 0.25) is 11.8 Å². The average Bonchev–Trinajstić information content (AvgIpc) is 3.52. The molecule has 0 aliphatic heterocycles. The van der Waals surface area contributed by atoms with Crippen molar-refractivity contribution in [3.05, 3.63) is 46.7 Å². The molecule has 160 valence electrons. The Morgan fingerprint density at radius 3 is 2.67 bits per heavy atom. The number of carbonyl (C=O) groups is 2. The molecule has 6 nitrogen and oxygen atoms in total. The lowest BCUT2D eigenvalue weighted by Gasteiger charge is -2.14. The molecule has 2 aromatic rings. The molecule has 10 heteroatoms. The summed E-state index contributed by atoms with van der Waals surface area (Å²) in [5.74, 6) is -0.318. The number of halogens is 4. The van der Waals surface area contributed by atoms with E-state index in [-0.39, 0.29) is 47.5 Å². The minimum atomic E-state index is -4.55. The largest absolute Gasteiger partial charge is 0.476 e. The molecule has 1 N–H and O–H groups in total. The lowest BCUT2D eigenvalue weighted by atomic mass is 10.0. The first kappa shape index (κ1) is 22.0. The second kappa shape index (κ2) is 8.99. The zero-order valence-corrected chi connectivity index (χ0v) is 16.8. The van der Waals surface area contributed by atoms with Crippen molar-refractivity contribution in [1.29, 1.82) is 0 Å². The van der Waals surface area contributed by atoms with E-state index in [2.05, 4.69) is 15.3 Å². The van der Waals surface area contributed by atoms with Gasteiger partial charge in [0.1, 0.15) is 10.8 Å². The zero-order valence-electron chi connectivity index (χ0n) is 16.0. The first-order valence-electron chi connectivity index (χ1n) is 9.29. The predicted molar refractivity (Wildman–Crippen MR) is 103 cm³/mol. The number of alkyl halides is 3. The van der Waals surface area contributed by atoms with Gasteiger partial charge in [-0.1, -0.05) is 18.5 Å². The van der Waals surface area contributed by atoms with Crippen LogP contribution in [0.3, 0.4) is 0 Å². The quantitative estimate of drug-likeness (QED) is 0.596. The summed E-state index contributed by atoms with van der Waals surface area (Å²) in [7, 11) is 0. The van der Waals surface area contributed by atoms with Crippen LogP contribution in [-0.2, 0) is 11.0 Å². The third kappa shape index (κ3) is 5.91. The molecule has 1 atom stereocenters. The number of anilines is 1. The number of Topliss-reactive ketones (excluding diaryl/α,β-unsaturated/α-hetero) is 1. The van der Waals surface area contributed by atoms with E-state index >= 15 is 0 Å². The smallest absolute Gasteiger partial charge is 0.417 e. The number of hydrogen-bond acceptors (Lipinski definition) is 5. The predicted octanol–water partition coefficient (Wildman–Crippen LogP) is 4.79. The van der Waals surface area contributed by atoms with E-state index in [4.69, 9.17) is 16.3 Å². The van der Waals surface area contributed by atoms with Crippen LogP contribution in [0.2, 0.25) is 5.02 Å². The van der Waals surface area contributed by atoms with Gasteiger partial charge in [-0.3, -0.25) is 9.59 Å². The molecule has 1 amide bonds. The Bertz CT molecular complexity index is 948. The Morgan fingerprint density at radius 2 is 2.03 bits per heavy atom. The minimum Gasteiger partial charge on any atom is -0.476 e. The molecular formula is C20H19ClF3N3O3. The van der Waals surface area contributed by atoms with Crippen LogP contribution >= 0.6 is 11.6 Å². The van der Waals surface area contributed by atoms with Gasteiger partial charge in [0.15, 0.2) is 5.78 Å². The van der Waals surface area contributed by atoms with E-state index in [0.29, 0.717) is 17.6 Å². The summed E-state index contributed by atoms with van der Waals surface area (Å²) in [5.41, 5.74) is -0.570. The maximum atomic E-state index is 12.7. The molecule has 0 radical (unpaired) electrons. The molecule has 0 saturated heterocycles. The van der Waals surface area contributed by atoms with Crippen molar-refractivity contribution >= 4 is 29.1 Å². The van der Waals surface area contributed by atoms with E-state index < -0.39 is 11.7 Å². The highest BCUT2D eigenvalue weighted by atomic mass is 35.5. The van der Waals surface area contributed by atoms with Gasteiger partial charge >= 0.3 is 6.18 Å². The van der Waals surface area contributed by atoms with E-state index in [9.17, 15) is 22.8 Å². The molecule has 1 saturated carbocycles. The number of nitrogens with one attached hydrogen (secondary N) is 1. The molecule has 2 aromatic heterocycles. The molecule has 30 heavy (non-hydrogen) atoms. The normalized spacial score (nSPS) is 14.8. The fourth-order valence-electron chi connectivity index (χ4n) is 2.65. The standard InChI is InChI=1S/C20H19ClF3N3O3/c1-11(10-30-19-15(21)8-14(9-26-19)20(22,23)24)6-16(28)13-4-5-25-17(7-13)27-18(29)12-2-3-12/h4-5,7-9,11-12H,2-3,6,10H2,1H3,(H,25,27,29)/t11-/m0/s1. The van der Waals surface area contributed by atoms with Crippen molar-refractivity contribution in [2.24, 2.45) is 11.8 Å². The molecule has 0 spiro atoms. The van der Waals surface area contributed by atoms with Gasteiger partial charge in [0.05, 0.1) is 12.2 Å². The fourth-order valence-corrected chi connectivity index (χ4v) is 2.87. The Labute approximate surface area is 175 Å². The van der Waals surface area contributed by atoms with Crippen molar-refractivity contribution in [2.45, 2.75) is 32.4 Å². The molecule has 2 heterocycles. The third-order valence-electron chi connectivity index (χ3n) is 4.45. The summed E-state index contributed by atoms with van der Waals surface area (Å²) < 4.78 is 43.3. The Morgan fingerprint density at radius 1 is 1.30 bits per heavy atom. The second-order valence-electron chi connectivity index (χ2n) is 7.25. The summed E-state index contributed by atoms with van der Waals surface area (Å²) in [6, 6.07) is 3.82. The minimum absolute atomic E-state index is 0.0222. The third-order valence-corrected chi connectivity index (χ3v) is 4.73. The molecule has 3 rings (SSSR count). The van der Waals surface area contributed by atoms with Gasteiger partial charge in [0, 0.05) is 30.3 Å². The van der Waals surface area contributed by atoms with Crippen LogP contribution in [0, 0.1) is 11.8 Å². The fraction of sp³-hybridized carbons (Fsp3) is 0.400. The maximum absolute atomic E-state index is 12.7. The van der Waals surface area contributed by atoms with E-state index in [1.807, 2.05) is 0 Å². The highest BCUT2D eigenvalue weighted by molar-refractivity contribution is 6.31. The van der Waals surface area contributed by atoms with Crippen LogP contribution < -0.4 is 10.1 Å². The Hall–Kier alpha value is -2.68. The number of amides is 1. The number of rotatable bonds is 8. The molecule has 0 aromatic carbocycles. The lowest BCUT2D eigenvalue weighted by Crippen LogP contribution is -2.16. The summed E-state index contributed by atoms with van der Waals surface area (Å²) in [6.45, 7) is 1.80. The number of ether oxygens (including phenoxy) is 1. The molecule has 1 aliphatic carbocycles. The van der Waals surface area contributed by atoms with Gasteiger partial charge in [-0.05, 0) is 37.0 Å². The van der Waals surface area contributed by atoms with Gasteiger partial charge in [0.25, 0.3) is 0 Å². The monoisotopic (exact) mass is 441 g/mol. The molecule has 0 bridgehead atoms. The lowest BCUT2D eigenvalue weighted by molar-refractivity contribution is -0.137. The number of carbonyl (C=O) groups excluding carboxylic acids is 2. The Kier molecular flexibility index (Phi) is 6.60. The molecule has 0 unspecified atom stereocenters. The van der Waals surface area contributed by atoms with Crippen LogP contribution in [-0.4, -0.2) is 28.3 Å². The van der Waals surface area contributed by atoms with Crippen LogP contribution in [0.1, 0.15) is 42.1 Å². The van der Waals surface area contributed by atoms with Crippen LogP contribution in [0.15, 0.2) is 30.6 Å². The maximum Gasteiger partial charge on any atom is 0.417 e. The van der Waals surface area contributed by atoms with Crippen molar-refractivity contribution in [3.63, 3.8) is 0 Å². The Balaban J connectivity index is 1.54. The highest BCUT2D eigenvalue weighted by Crippen LogP contribution is 2.33. The molecule has 1 fully saturated rings. The second-order valence-corrected chi connectivity index (χ2v) is 7.65. The number of aromatic nitrogens is 2. The first-order chi connectivity index (χ1) is 14.1. The van der Waals surface area contributed by atoms with E-state index in [1.165, 1.54) is 12.3 Å². The van der Waals surface area contributed by atoms with Crippen LogP contribution in [0.4, 0.5) is 19.0 Å². The van der Waals surface area contributed by atoms with E-state index in [0.717, 1.165) is 18.9 Å². The summed E-state index contributed by atoms with van der Waals surface area (Å²) in [6.07, 6.45) is -0.609. The summed E-state index contributed by atoms with van der Waals surface area (Å²) in [4.78, 5) is 32.0. The van der Waals surface area contributed by atoms with Crippen molar-refractivity contribution in [1.82, 2.24) is 9.97 Å². The topological polar surface area (TPSA) is 81.2 Å². The van der Waals surface area contributed by atoms with Gasteiger partial charge < -0.3 is 10.1 Å². The SMILES string of the molecule is C[C@H](COc1ncc(C(F)(F)F)cc1Cl)CC(=O)c1ccnc(NC(=O)C2CC2)c1. The number of hydrogen-bond donors (Lipinski definition) is 1. The van der Waals surface area contributed by atoms with Gasteiger partial charge in [-0.15, -0.1) is 0 Å². The van der Waals surface area contributed by atoms with Crippen molar-refractivity contribution in [2.75, 3.05) is 11.9 Å². The molecule has 1 aliphatic rings.